The van der Waals surface area contributed by atoms with Gasteiger partial charge in [0, 0.05) is 25.6 Å². The number of carbonyl (C=O) groups is 1. The fourth-order valence-electron chi connectivity index (χ4n) is 4.01. The number of para-hydroxylation sites is 1. The number of anilines is 1. The monoisotopic (exact) mass is 475 g/mol. The fraction of sp³-hybridized carbons (Fsp3) is 0.458. The number of hydrogen-bond donors (Lipinski definition) is 2. The molecule has 0 saturated heterocycles. The SMILES string of the molecule is C[C@H]1CN([C@@H](C)CO)C(=O)c2cccc(NS(C)(=O)=O)c2O[C@H]1CN(C)Cc1ccccc1. The first-order valence-corrected chi connectivity index (χ1v) is 12.9. The van der Waals surface area contributed by atoms with Gasteiger partial charge in [0.05, 0.1) is 30.2 Å². The lowest BCUT2D eigenvalue weighted by Crippen LogP contribution is -2.49. The fourth-order valence-corrected chi connectivity index (χ4v) is 4.57. The van der Waals surface area contributed by atoms with Crippen LogP contribution in [-0.2, 0) is 16.6 Å². The highest BCUT2D eigenvalue weighted by Crippen LogP contribution is 2.35. The highest BCUT2D eigenvalue weighted by Gasteiger charge is 2.34. The van der Waals surface area contributed by atoms with Crippen molar-refractivity contribution in [1.29, 1.82) is 0 Å². The number of ether oxygens (including phenoxy) is 1. The van der Waals surface area contributed by atoms with Crippen molar-refractivity contribution in [2.24, 2.45) is 5.92 Å². The molecule has 1 aliphatic heterocycles. The normalized spacial score (nSPS) is 19.9. The van der Waals surface area contributed by atoms with Crippen LogP contribution in [0.4, 0.5) is 5.69 Å². The van der Waals surface area contributed by atoms with Gasteiger partial charge in [0.1, 0.15) is 6.10 Å². The number of amides is 1. The van der Waals surface area contributed by atoms with Gasteiger partial charge < -0.3 is 14.7 Å². The van der Waals surface area contributed by atoms with Gasteiger partial charge >= 0.3 is 0 Å². The minimum Gasteiger partial charge on any atom is -0.486 e. The minimum atomic E-state index is -3.58. The molecule has 0 bridgehead atoms. The van der Waals surface area contributed by atoms with Crippen LogP contribution in [0.5, 0.6) is 5.75 Å². The number of aliphatic hydroxyl groups excluding tert-OH is 1. The molecule has 2 N–H and O–H groups in total. The van der Waals surface area contributed by atoms with Crippen LogP contribution in [-0.4, -0.2) is 74.4 Å². The Morgan fingerprint density at radius 2 is 1.91 bits per heavy atom. The highest BCUT2D eigenvalue weighted by molar-refractivity contribution is 7.92. The van der Waals surface area contributed by atoms with Crippen LogP contribution in [0.1, 0.15) is 29.8 Å². The van der Waals surface area contributed by atoms with Crippen LogP contribution in [0.15, 0.2) is 48.5 Å². The van der Waals surface area contributed by atoms with Crippen molar-refractivity contribution in [2.45, 2.75) is 32.5 Å². The Hall–Kier alpha value is -2.62. The van der Waals surface area contributed by atoms with E-state index in [-0.39, 0.29) is 47.6 Å². The largest absolute Gasteiger partial charge is 0.486 e. The smallest absolute Gasteiger partial charge is 0.258 e. The van der Waals surface area contributed by atoms with Crippen molar-refractivity contribution in [1.82, 2.24) is 9.80 Å². The molecule has 2 aromatic carbocycles. The second-order valence-electron chi connectivity index (χ2n) is 8.86. The average Bonchev–Trinajstić information content (AvgIpc) is 2.75. The molecule has 1 aliphatic rings. The summed E-state index contributed by atoms with van der Waals surface area (Å²) in [6.45, 7) is 5.32. The lowest BCUT2D eigenvalue weighted by molar-refractivity contribution is 0.0344. The van der Waals surface area contributed by atoms with Crippen molar-refractivity contribution in [3.05, 3.63) is 59.7 Å². The van der Waals surface area contributed by atoms with Gasteiger partial charge in [-0.3, -0.25) is 14.4 Å². The molecule has 0 fully saturated rings. The number of hydrogen-bond acceptors (Lipinski definition) is 6. The first-order valence-electron chi connectivity index (χ1n) is 11.0. The van der Waals surface area contributed by atoms with Crippen LogP contribution < -0.4 is 9.46 Å². The molecule has 0 aromatic heterocycles. The Morgan fingerprint density at radius 3 is 2.55 bits per heavy atom. The molecule has 1 heterocycles. The van der Waals surface area contributed by atoms with Gasteiger partial charge in [0.25, 0.3) is 5.91 Å². The Balaban J connectivity index is 1.98. The molecule has 1 amide bonds. The third-order valence-electron chi connectivity index (χ3n) is 5.77. The molecule has 3 atom stereocenters. The zero-order valence-electron chi connectivity index (χ0n) is 19.6. The van der Waals surface area contributed by atoms with E-state index < -0.39 is 10.0 Å². The Kier molecular flexibility index (Phi) is 7.99. The Morgan fingerprint density at radius 1 is 1.21 bits per heavy atom. The first kappa shape index (κ1) is 25.0. The third kappa shape index (κ3) is 6.46. The number of nitrogens with one attached hydrogen (secondary N) is 1. The minimum absolute atomic E-state index is 0.0689. The molecule has 8 nitrogen and oxygen atoms in total. The molecule has 3 rings (SSSR count). The number of rotatable bonds is 8. The summed E-state index contributed by atoms with van der Waals surface area (Å²) in [4.78, 5) is 17.2. The predicted octanol–water partition coefficient (Wildman–Crippen LogP) is 2.41. The van der Waals surface area contributed by atoms with E-state index in [9.17, 15) is 18.3 Å². The molecule has 2 aromatic rings. The van der Waals surface area contributed by atoms with E-state index >= 15 is 0 Å². The summed E-state index contributed by atoms with van der Waals surface area (Å²) in [6.07, 6.45) is 0.742. The van der Waals surface area contributed by atoms with Crippen LogP contribution >= 0.6 is 0 Å². The van der Waals surface area contributed by atoms with E-state index in [1.54, 1.807) is 30.0 Å². The summed E-state index contributed by atoms with van der Waals surface area (Å²) < 4.78 is 32.8. The van der Waals surface area contributed by atoms with Gasteiger partial charge in [-0.05, 0) is 31.7 Å². The van der Waals surface area contributed by atoms with Gasteiger partial charge in [-0.1, -0.05) is 43.3 Å². The average molecular weight is 476 g/mol. The van der Waals surface area contributed by atoms with Crippen LogP contribution in [0.25, 0.3) is 0 Å². The number of sulfonamides is 1. The Bertz CT molecular complexity index is 1060. The standard InChI is InChI=1S/C24H33N3O5S/c1-17-13-27(18(2)16-28)24(29)20-11-8-12-21(25-33(4,30)31)23(20)32-22(17)15-26(3)14-19-9-6-5-7-10-19/h5-12,17-18,22,25,28H,13-16H2,1-4H3/t17-,18-,22-/m0/s1. The molecular weight excluding hydrogens is 442 g/mol. The van der Waals surface area contributed by atoms with E-state index in [1.807, 2.05) is 32.2 Å². The van der Waals surface area contributed by atoms with Crippen molar-refractivity contribution in [2.75, 3.05) is 37.7 Å². The quantitative estimate of drug-likeness (QED) is 0.608. The maximum absolute atomic E-state index is 13.4. The summed E-state index contributed by atoms with van der Waals surface area (Å²) in [5.74, 6) is -0.153. The number of nitrogens with zero attached hydrogens (tertiary/aromatic N) is 2. The van der Waals surface area contributed by atoms with Gasteiger partial charge in [0.15, 0.2) is 5.75 Å². The molecule has 0 aliphatic carbocycles. The van der Waals surface area contributed by atoms with Crippen LogP contribution in [0, 0.1) is 5.92 Å². The zero-order valence-corrected chi connectivity index (χ0v) is 20.4. The van der Waals surface area contributed by atoms with E-state index in [0.29, 0.717) is 13.1 Å². The summed E-state index contributed by atoms with van der Waals surface area (Å²) >= 11 is 0. The number of aliphatic hydroxyl groups is 1. The predicted molar refractivity (Wildman–Crippen MR) is 129 cm³/mol. The summed E-state index contributed by atoms with van der Waals surface area (Å²) in [7, 11) is -1.58. The van der Waals surface area contributed by atoms with E-state index in [2.05, 4.69) is 21.8 Å². The maximum Gasteiger partial charge on any atom is 0.258 e. The molecule has 33 heavy (non-hydrogen) atoms. The number of likely N-dealkylation sites (N-methyl/N-ethyl adjacent to an activating group) is 1. The second-order valence-corrected chi connectivity index (χ2v) is 10.6. The van der Waals surface area contributed by atoms with Crippen molar-refractivity contribution in [3.8, 4) is 5.75 Å². The van der Waals surface area contributed by atoms with Crippen molar-refractivity contribution in [3.63, 3.8) is 0 Å². The summed E-state index contributed by atoms with van der Waals surface area (Å²) in [5, 5.41) is 9.76. The summed E-state index contributed by atoms with van der Waals surface area (Å²) in [5.41, 5.74) is 1.67. The van der Waals surface area contributed by atoms with Crippen LogP contribution in [0.3, 0.4) is 0 Å². The molecule has 0 unspecified atom stereocenters. The zero-order chi connectivity index (χ0) is 24.2. The van der Waals surface area contributed by atoms with E-state index in [4.69, 9.17) is 4.74 Å². The van der Waals surface area contributed by atoms with Crippen molar-refractivity contribution >= 4 is 21.6 Å². The number of fused-ring (bicyclic) bond motifs is 1. The molecule has 9 heteroatoms. The molecule has 180 valence electrons. The van der Waals surface area contributed by atoms with Gasteiger partial charge in [-0.25, -0.2) is 8.42 Å². The van der Waals surface area contributed by atoms with Gasteiger partial charge in [-0.15, -0.1) is 0 Å². The molecular formula is C24H33N3O5S. The number of benzene rings is 2. The van der Waals surface area contributed by atoms with Gasteiger partial charge in [0.2, 0.25) is 10.0 Å². The highest BCUT2D eigenvalue weighted by atomic mass is 32.2. The molecule has 0 radical (unpaired) electrons. The van der Waals surface area contributed by atoms with Crippen molar-refractivity contribution < 1.29 is 23.1 Å². The van der Waals surface area contributed by atoms with E-state index in [0.717, 1.165) is 12.8 Å². The Labute approximate surface area is 196 Å². The molecule has 0 saturated carbocycles. The summed E-state index contributed by atoms with van der Waals surface area (Å²) in [6, 6.07) is 14.5. The van der Waals surface area contributed by atoms with Gasteiger partial charge in [-0.2, -0.15) is 0 Å². The van der Waals surface area contributed by atoms with Crippen LogP contribution in [0.2, 0.25) is 0 Å². The maximum atomic E-state index is 13.4. The third-order valence-corrected chi connectivity index (χ3v) is 6.36. The topological polar surface area (TPSA) is 99.2 Å². The lowest BCUT2D eigenvalue weighted by Gasteiger charge is -2.38. The number of carbonyl (C=O) groups excluding carboxylic acids is 1. The lowest BCUT2D eigenvalue weighted by atomic mass is 9.99. The first-order chi connectivity index (χ1) is 15.6. The molecule has 0 spiro atoms. The van der Waals surface area contributed by atoms with E-state index in [1.165, 1.54) is 5.56 Å². The second kappa shape index (κ2) is 10.5.